The Morgan fingerprint density at radius 1 is 1.53 bits per heavy atom. The fourth-order valence-corrected chi connectivity index (χ4v) is 1.68. The second-order valence-corrected chi connectivity index (χ2v) is 3.69. The van der Waals surface area contributed by atoms with E-state index in [4.69, 9.17) is 16.3 Å². The number of hydrogen-bond donors (Lipinski definition) is 1. The first-order chi connectivity index (χ1) is 6.74. The van der Waals surface area contributed by atoms with Gasteiger partial charge in [-0.25, -0.2) is 4.98 Å². The van der Waals surface area contributed by atoms with Crippen molar-refractivity contribution in [1.29, 1.82) is 0 Å². The van der Waals surface area contributed by atoms with E-state index in [9.17, 15) is 0 Å². The molecule has 1 N–H and O–H groups in total. The number of aromatic nitrogens is 2. The van der Waals surface area contributed by atoms with E-state index in [0.29, 0.717) is 5.88 Å². The van der Waals surface area contributed by atoms with E-state index in [1.54, 1.807) is 6.07 Å². The van der Waals surface area contributed by atoms with Gasteiger partial charge in [-0.2, -0.15) is 4.98 Å². The maximum absolute atomic E-state index is 5.72. The summed E-state index contributed by atoms with van der Waals surface area (Å²) in [5.74, 6) is 0.566. The molecular formula is C9H13Cl2N3O. The number of nitrogens with zero attached hydrogens (tertiary/aromatic N) is 2. The highest BCUT2D eigenvalue weighted by atomic mass is 35.5. The summed E-state index contributed by atoms with van der Waals surface area (Å²) < 4.78 is 5.64. The third-order valence-corrected chi connectivity index (χ3v) is 2.27. The Morgan fingerprint density at radius 2 is 2.33 bits per heavy atom. The molecule has 1 atom stereocenters. The summed E-state index contributed by atoms with van der Waals surface area (Å²) in [5.41, 5.74) is 0.825. The van der Waals surface area contributed by atoms with Crippen LogP contribution in [0.2, 0.25) is 5.28 Å². The predicted octanol–water partition coefficient (Wildman–Crippen LogP) is 1.60. The number of rotatable bonds is 2. The summed E-state index contributed by atoms with van der Waals surface area (Å²) in [6, 6.07) is 1.80. The number of ether oxygens (including phenoxy) is 1. The molecule has 0 aromatic carbocycles. The molecule has 1 aliphatic heterocycles. The fraction of sp³-hybridized carbons (Fsp3) is 0.556. The van der Waals surface area contributed by atoms with Gasteiger partial charge in [0.15, 0.2) is 0 Å². The zero-order valence-electron chi connectivity index (χ0n) is 8.36. The fourth-order valence-electron chi connectivity index (χ4n) is 1.46. The van der Waals surface area contributed by atoms with E-state index in [0.717, 1.165) is 25.2 Å². The van der Waals surface area contributed by atoms with Gasteiger partial charge in [0.1, 0.15) is 6.10 Å². The summed E-state index contributed by atoms with van der Waals surface area (Å²) in [7, 11) is 0. The zero-order chi connectivity index (χ0) is 9.97. The van der Waals surface area contributed by atoms with Crippen molar-refractivity contribution in [3.63, 3.8) is 0 Å². The van der Waals surface area contributed by atoms with E-state index in [-0.39, 0.29) is 23.8 Å². The minimum absolute atomic E-state index is 0. The maximum Gasteiger partial charge on any atom is 0.225 e. The summed E-state index contributed by atoms with van der Waals surface area (Å²) in [6.07, 6.45) is 1.22. The molecule has 0 amide bonds. The van der Waals surface area contributed by atoms with E-state index in [1.165, 1.54) is 0 Å². The van der Waals surface area contributed by atoms with Gasteiger partial charge in [0.2, 0.25) is 11.2 Å². The Labute approximate surface area is 99.8 Å². The third kappa shape index (κ3) is 3.48. The first-order valence-corrected chi connectivity index (χ1v) is 5.00. The molecule has 0 saturated carbocycles. The number of aryl methyl sites for hydroxylation is 1. The quantitative estimate of drug-likeness (QED) is 0.810. The van der Waals surface area contributed by atoms with Crippen LogP contribution in [0.15, 0.2) is 6.07 Å². The minimum Gasteiger partial charge on any atom is -0.473 e. The molecule has 0 bridgehead atoms. The summed E-state index contributed by atoms with van der Waals surface area (Å²) in [5, 5.41) is 3.46. The van der Waals surface area contributed by atoms with Crippen molar-refractivity contribution in [2.75, 3.05) is 13.1 Å². The van der Waals surface area contributed by atoms with Crippen LogP contribution in [0, 0.1) is 6.92 Å². The lowest BCUT2D eigenvalue weighted by Crippen LogP contribution is -2.20. The topological polar surface area (TPSA) is 47.0 Å². The number of halogens is 2. The van der Waals surface area contributed by atoms with E-state index >= 15 is 0 Å². The summed E-state index contributed by atoms with van der Waals surface area (Å²) in [4.78, 5) is 7.97. The Morgan fingerprint density at radius 3 is 2.93 bits per heavy atom. The Hall–Kier alpha value is -0.580. The highest BCUT2D eigenvalue weighted by Crippen LogP contribution is 2.15. The molecule has 1 aromatic rings. The van der Waals surface area contributed by atoms with Crippen LogP contribution < -0.4 is 10.1 Å². The van der Waals surface area contributed by atoms with Crippen LogP contribution in [0.3, 0.4) is 0 Å². The minimum atomic E-state index is 0. The molecule has 0 aliphatic carbocycles. The van der Waals surface area contributed by atoms with Crippen molar-refractivity contribution < 1.29 is 4.74 Å². The molecule has 0 spiro atoms. The van der Waals surface area contributed by atoms with Gasteiger partial charge in [0, 0.05) is 18.3 Å². The maximum atomic E-state index is 5.72. The molecule has 1 saturated heterocycles. The van der Waals surface area contributed by atoms with Gasteiger partial charge < -0.3 is 10.1 Å². The van der Waals surface area contributed by atoms with Crippen LogP contribution in [0.25, 0.3) is 0 Å². The van der Waals surface area contributed by atoms with Gasteiger partial charge in [0.05, 0.1) is 0 Å². The van der Waals surface area contributed by atoms with Crippen LogP contribution in [-0.2, 0) is 0 Å². The van der Waals surface area contributed by atoms with Crippen molar-refractivity contribution in [2.45, 2.75) is 19.4 Å². The standard InChI is InChI=1S/C9H12ClN3O.ClH/c1-6-4-8(13-9(10)12-6)14-7-2-3-11-5-7;/h4,7,11H,2-3,5H2,1H3;1H/t7-;/m0./s1. The average molecular weight is 250 g/mol. The first kappa shape index (κ1) is 12.5. The van der Waals surface area contributed by atoms with Gasteiger partial charge >= 0.3 is 0 Å². The molecule has 1 fully saturated rings. The van der Waals surface area contributed by atoms with Crippen LogP contribution in [-0.4, -0.2) is 29.2 Å². The normalized spacial score (nSPS) is 19.7. The molecule has 6 heteroatoms. The second kappa shape index (κ2) is 5.49. The molecule has 1 aromatic heterocycles. The van der Waals surface area contributed by atoms with Crippen molar-refractivity contribution in [1.82, 2.24) is 15.3 Å². The SMILES string of the molecule is Cc1cc(O[C@H]2CCNC2)nc(Cl)n1.Cl. The largest absolute Gasteiger partial charge is 0.473 e. The van der Waals surface area contributed by atoms with Gasteiger partial charge in [-0.05, 0) is 31.5 Å². The molecule has 2 heterocycles. The third-order valence-electron chi connectivity index (χ3n) is 2.11. The average Bonchev–Trinajstić information content (AvgIpc) is 2.54. The van der Waals surface area contributed by atoms with Gasteiger partial charge in [-0.15, -0.1) is 12.4 Å². The van der Waals surface area contributed by atoms with E-state index in [2.05, 4.69) is 15.3 Å². The molecule has 0 radical (unpaired) electrons. The Bertz CT molecular complexity index is 309. The highest BCUT2D eigenvalue weighted by molar-refractivity contribution is 6.28. The zero-order valence-corrected chi connectivity index (χ0v) is 9.94. The monoisotopic (exact) mass is 249 g/mol. The van der Waals surface area contributed by atoms with Crippen molar-refractivity contribution in [2.24, 2.45) is 0 Å². The highest BCUT2D eigenvalue weighted by Gasteiger charge is 2.16. The Balaban J connectivity index is 0.00000112. The number of nitrogens with one attached hydrogen (secondary N) is 1. The van der Waals surface area contributed by atoms with Crippen molar-refractivity contribution >= 4 is 24.0 Å². The first-order valence-electron chi connectivity index (χ1n) is 4.62. The molecule has 2 rings (SSSR count). The van der Waals surface area contributed by atoms with Crippen LogP contribution in [0.1, 0.15) is 12.1 Å². The Kier molecular flexibility index (Phi) is 4.57. The summed E-state index contributed by atoms with van der Waals surface area (Å²) in [6.45, 7) is 3.75. The molecule has 4 nitrogen and oxygen atoms in total. The second-order valence-electron chi connectivity index (χ2n) is 3.35. The van der Waals surface area contributed by atoms with E-state index < -0.39 is 0 Å². The number of hydrogen-bond acceptors (Lipinski definition) is 4. The van der Waals surface area contributed by atoms with Gasteiger partial charge in [0.25, 0.3) is 0 Å². The summed E-state index contributed by atoms with van der Waals surface area (Å²) >= 11 is 5.72. The van der Waals surface area contributed by atoms with Crippen molar-refractivity contribution in [3.05, 3.63) is 17.0 Å². The van der Waals surface area contributed by atoms with Gasteiger partial charge in [-0.3, -0.25) is 0 Å². The lowest BCUT2D eigenvalue weighted by Gasteiger charge is -2.11. The van der Waals surface area contributed by atoms with Crippen molar-refractivity contribution in [3.8, 4) is 5.88 Å². The molecule has 15 heavy (non-hydrogen) atoms. The predicted molar refractivity (Wildman–Crippen MR) is 60.9 cm³/mol. The molecule has 1 aliphatic rings. The lowest BCUT2D eigenvalue weighted by atomic mass is 10.3. The molecular weight excluding hydrogens is 237 g/mol. The van der Waals surface area contributed by atoms with Crippen LogP contribution in [0.4, 0.5) is 0 Å². The molecule has 0 unspecified atom stereocenters. The van der Waals surface area contributed by atoms with Gasteiger partial charge in [-0.1, -0.05) is 0 Å². The van der Waals surface area contributed by atoms with Crippen LogP contribution >= 0.6 is 24.0 Å². The van der Waals surface area contributed by atoms with E-state index in [1.807, 2.05) is 6.92 Å². The lowest BCUT2D eigenvalue weighted by molar-refractivity contribution is 0.213. The smallest absolute Gasteiger partial charge is 0.225 e. The van der Waals surface area contributed by atoms with Crippen LogP contribution in [0.5, 0.6) is 5.88 Å². The molecule has 84 valence electrons.